The molecule has 1 aromatic rings. The summed E-state index contributed by atoms with van der Waals surface area (Å²) in [5, 5.41) is 12.5. The van der Waals surface area contributed by atoms with E-state index >= 15 is 0 Å². The maximum atomic E-state index is 9.01. The maximum Gasteiger partial charge on any atom is 0.0446 e. The van der Waals surface area contributed by atoms with E-state index in [1.54, 1.807) is 0 Å². The molecule has 3 nitrogen and oxygen atoms in total. The Morgan fingerprint density at radius 1 is 1.41 bits per heavy atom. The van der Waals surface area contributed by atoms with Crippen molar-refractivity contribution in [3.63, 3.8) is 0 Å². The number of nitrogens with one attached hydrogen (secondary N) is 1. The van der Waals surface area contributed by atoms with Gasteiger partial charge in [0.05, 0.1) is 0 Å². The first kappa shape index (κ1) is 12.4. The number of piperazine rings is 1. The summed E-state index contributed by atoms with van der Waals surface area (Å²) >= 11 is 0. The van der Waals surface area contributed by atoms with Crippen LogP contribution >= 0.6 is 0 Å². The summed E-state index contributed by atoms with van der Waals surface area (Å²) < 4.78 is 0. The van der Waals surface area contributed by atoms with Gasteiger partial charge in [-0.1, -0.05) is 17.7 Å². The first-order chi connectivity index (χ1) is 8.20. The molecule has 0 aromatic heterocycles. The van der Waals surface area contributed by atoms with Crippen molar-refractivity contribution in [3.05, 3.63) is 29.3 Å². The van der Waals surface area contributed by atoms with Gasteiger partial charge in [-0.15, -0.1) is 0 Å². The lowest BCUT2D eigenvalue weighted by Crippen LogP contribution is -2.51. The zero-order valence-corrected chi connectivity index (χ0v) is 10.7. The standard InChI is InChI=1S/C14H22N2O/c1-11-3-4-14(12(2)9-11)16-7-6-15-13(10-16)5-8-17/h3-4,9,13,15,17H,5-8,10H2,1-2H3. The minimum Gasteiger partial charge on any atom is -0.396 e. The summed E-state index contributed by atoms with van der Waals surface area (Å²) in [5.74, 6) is 0. The minimum atomic E-state index is 0.262. The second-order valence-electron chi connectivity index (χ2n) is 4.90. The van der Waals surface area contributed by atoms with E-state index in [0.29, 0.717) is 6.04 Å². The smallest absolute Gasteiger partial charge is 0.0446 e. The van der Waals surface area contributed by atoms with Gasteiger partial charge >= 0.3 is 0 Å². The van der Waals surface area contributed by atoms with Crippen LogP contribution in [0.5, 0.6) is 0 Å². The van der Waals surface area contributed by atoms with Crippen LogP contribution in [-0.4, -0.2) is 37.4 Å². The molecule has 1 saturated heterocycles. The number of anilines is 1. The minimum absolute atomic E-state index is 0.262. The number of nitrogens with zero attached hydrogens (tertiary/aromatic N) is 1. The average Bonchev–Trinajstić information content (AvgIpc) is 2.29. The van der Waals surface area contributed by atoms with Crippen molar-refractivity contribution in [3.8, 4) is 0 Å². The van der Waals surface area contributed by atoms with E-state index in [4.69, 9.17) is 5.11 Å². The van der Waals surface area contributed by atoms with Gasteiger partial charge in [-0.3, -0.25) is 0 Å². The zero-order chi connectivity index (χ0) is 12.3. The molecule has 1 aromatic carbocycles. The quantitative estimate of drug-likeness (QED) is 0.831. The summed E-state index contributed by atoms with van der Waals surface area (Å²) in [6, 6.07) is 7.03. The SMILES string of the molecule is Cc1ccc(N2CCNC(CCO)C2)c(C)c1. The molecule has 1 heterocycles. The molecular formula is C14H22N2O. The van der Waals surface area contributed by atoms with E-state index in [1.807, 2.05) is 0 Å². The third-order valence-electron chi connectivity index (χ3n) is 3.43. The Kier molecular flexibility index (Phi) is 4.02. The van der Waals surface area contributed by atoms with Crippen molar-refractivity contribution in [2.75, 3.05) is 31.1 Å². The predicted octanol–water partition coefficient (Wildman–Crippen LogP) is 1.46. The molecule has 1 aliphatic rings. The first-order valence-corrected chi connectivity index (χ1v) is 6.37. The van der Waals surface area contributed by atoms with Gasteiger partial charge in [0.2, 0.25) is 0 Å². The first-order valence-electron chi connectivity index (χ1n) is 6.37. The highest BCUT2D eigenvalue weighted by Gasteiger charge is 2.19. The topological polar surface area (TPSA) is 35.5 Å². The van der Waals surface area contributed by atoms with Crippen molar-refractivity contribution >= 4 is 5.69 Å². The molecule has 1 fully saturated rings. The summed E-state index contributed by atoms with van der Waals surface area (Å²) in [7, 11) is 0. The van der Waals surface area contributed by atoms with E-state index in [9.17, 15) is 0 Å². The summed E-state index contributed by atoms with van der Waals surface area (Å²) in [4.78, 5) is 2.42. The number of aryl methyl sites for hydroxylation is 2. The molecule has 0 radical (unpaired) electrons. The molecular weight excluding hydrogens is 212 g/mol. The summed E-state index contributed by atoms with van der Waals surface area (Å²) in [6.45, 7) is 7.60. The van der Waals surface area contributed by atoms with Crippen LogP contribution in [0, 0.1) is 13.8 Å². The average molecular weight is 234 g/mol. The van der Waals surface area contributed by atoms with E-state index in [0.717, 1.165) is 26.1 Å². The van der Waals surface area contributed by atoms with Crippen LogP contribution in [0.2, 0.25) is 0 Å². The molecule has 94 valence electrons. The van der Waals surface area contributed by atoms with Crippen LogP contribution in [0.1, 0.15) is 17.5 Å². The van der Waals surface area contributed by atoms with Crippen LogP contribution < -0.4 is 10.2 Å². The lowest BCUT2D eigenvalue weighted by atomic mass is 10.1. The molecule has 1 aliphatic heterocycles. The normalized spacial score (nSPS) is 20.6. The van der Waals surface area contributed by atoms with Gasteiger partial charge in [0, 0.05) is 38.0 Å². The second-order valence-corrected chi connectivity index (χ2v) is 4.90. The fourth-order valence-corrected chi connectivity index (χ4v) is 2.55. The second kappa shape index (κ2) is 5.52. The van der Waals surface area contributed by atoms with Crippen LogP contribution in [-0.2, 0) is 0 Å². The Morgan fingerprint density at radius 3 is 2.94 bits per heavy atom. The molecule has 17 heavy (non-hydrogen) atoms. The fraction of sp³-hybridized carbons (Fsp3) is 0.571. The van der Waals surface area contributed by atoms with Gasteiger partial charge in [0.25, 0.3) is 0 Å². The monoisotopic (exact) mass is 234 g/mol. The predicted molar refractivity (Wildman–Crippen MR) is 71.6 cm³/mol. The highest BCUT2D eigenvalue weighted by atomic mass is 16.3. The third kappa shape index (κ3) is 2.99. The Bertz CT molecular complexity index is 376. The van der Waals surface area contributed by atoms with E-state index < -0.39 is 0 Å². The van der Waals surface area contributed by atoms with Crippen LogP contribution in [0.15, 0.2) is 18.2 Å². The Balaban J connectivity index is 2.10. The van der Waals surface area contributed by atoms with Gasteiger partial charge in [0.1, 0.15) is 0 Å². The molecule has 2 rings (SSSR count). The van der Waals surface area contributed by atoms with Crippen molar-refractivity contribution in [2.45, 2.75) is 26.3 Å². The summed E-state index contributed by atoms with van der Waals surface area (Å²) in [5.41, 5.74) is 3.99. The van der Waals surface area contributed by atoms with Gasteiger partial charge in [0.15, 0.2) is 0 Å². The molecule has 0 saturated carbocycles. The number of rotatable bonds is 3. The van der Waals surface area contributed by atoms with Gasteiger partial charge in [-0.05, 0) is 31.9 Å². The van der Waals surface area contributed by atoms with Gasteiger partial charge in [-0.25, -0.2) is 0 Å². The summed E-state index contributed by atoms with van der Waals surface area (Å²) in [6.07, 6.45) is 0.835. The molecule has 1 atom stereocenters. The Labute approximate surface area is 103 Å². The Morgan fingerprint density at radius 2 is 2.24 bits per heavy atom. The number of benzene rings is 1. The van der Waals surface area contributed by atoms with Crippen molar-refractivity contribution in [2.24, 2.45) is 0 Å². The van der Waals surface area contributed by atoms with Crippen molar-refractivity contribution < 1.29 is 5.11 Å². The van der Waals surface area contributed by atoms with Crippen LogP contribution in [0.4, 0.5) is 5.69 Å². The fourth-order valence-electron chi connectivity index (χ4n) is 2.55. The van der Waals surface area contributed by atoms with Crippen LogP contribution in [0.25, 0.3) is 0 Å². The number of aliphatic hydroxyl groups excluding tert-OH is 1. The van der Waals surface area contributed by atoms with Gasteiger partial charge in [-0.2, -0.15) is 0 Å². The zero-order valence-electron chi connectivity index (χ0n) is 10.7. The number of hydrogen-bond acceptors (Lipinski definition) is 3. The largest absolute Gasteiger partial charge is 0.396 e. The highest BCUT2D eigenvalue weighted by molar-refractivity contribution is 5.54. The third-order valence-corrected chi connectivity index (χ3v) is 3.43. The van der Waals surface area contributed by atoms with E-state index in [1.165, 1.54) is 16.8 Å². The molecule has 0 amide bonds. The lowest BCUT2D eigenvalue weighted by molar-refractivity contribution is 0.260. The molecule has 0 bridgehead atoms. The Hall–Kier alpha value is -1.06. The molecule has 0 aliphatic carbocycles. The highest BCUT2D eigenvalue weighted by Crippen LogP contribution is 2.22. The maximum absolute atomic E-state index is 9.01. The number of aliphatic hydroxyl groups is 1. The molecule has 0 spiro atoms. The van der Waals surface area contributed by atoms with Crippen molar-refractivity contribution in [1.82, 2.24) is 5.32 Å². The number of hydrogen-bond donors (Lipinski definition) is 2. The van der Waals surface area contributed by atoms with E-state index in [-0.39, 0.29) is 6.61 Å². The molecule has 2 N–H and O–H groups in total. The van der Waals surface area contributed by atoms with Crippen molar-refractivity contribution in [1.29, 1.82) is 0 Å². The molecule has 1 unspecified atom stereocenters. The van der Waals surface area contributed by atoms with Crippen LogP contribution in [0.3, 0.4) is 0 Å². The van der Waals surface area contributed by atoms with Gasteiger partial charge < -0.3 is 15.3 Å². The lowest BCUT2D eigenvalue weighted by Gasteiger charge is -2.36. The van der Waals surface area contributed by atoms with E-state index in [2.05, 4.69) is 42.3 Å². The molecule has 3 heteroatoms.